The van der Waals surface area contributed by atoms with Gasteiger partial charge in [-0.2, -0.15) is 0 Å². The van der Waals surface area contributed by atoms with Crippen LogP contribution in [0.5, 0.6) is 5.75 Å². The van der Waals surface area contributed by atoms with Gasteiger partial charge in [-0.25, -0.2) is 4.79 Å². The van der Waals surface area contributed by atoms with Crippen LogP contribution in [0.15, 0.2) is 18.2 Å². The van der Waals surface area contributed by atoms with E-state index in [1.54, 1.807) is 32.0 Å². The molecule has 1 atom stereocenters. The number of benzene rings is 1. The highest BCUT2D eigenvalue weighted by molar-refractivity contribution is 5.99. The van der Waals surface area contributed by atoms with Crippen molar-refractivity contribution in [2.75, 3.05) is 25.1 Å². The number of hydrogen-bond acceptors (Lipinski definition) is 5. The van der Waals surface area contributed by atoms with Gasteiger partial charge in [0.2, 0.25) is 0 Å². The smallest absolute Gasteiger partial charge is 0.341 e. The SMILES string of the molecule is CCCO[C@@](C)(CC)C(=O)Nc1ccc(OCC(C)C)c(C(=O)OCC)c1. The second-order valence-electron chi connectivity index (χ2n) is 7.02. The Hall–Kier alpha value is -2.08. The Balaban J connectivity index is 3.05. The summed E-state index contributed by atoms with van der Waals surface area (Å²) in [6, 6.07) is 4.98. The number of rotatable bonds is 11. The summed E-state index contributed by atoms with van der Waals surface area (Å²) >= 11 is 0. The quantitative estimate of drug-likeness (QED) is 0.576. The summed E-state index contributed by atoms with van der Waals surface area (Å²) in [6.45, 7) is 12.7. The Kier molecular flexibility index (Phi) is 9.29. The lowest BCUT2D eigenvalue weighted by atomic mass is 10.0. The molecule has 0 aliphatic carbocycles. The molecule has 1 aromatic rings. The van der Waals surface area contributed by atoms with Gasteiger partial charge in [-0.3, -0.25) is 4.79 Å². The molecule has 1 rings (SSSR count). The first-order valence-corrected chi connectivity index (χ1v) is 9.66. The molecule has 0 heterocycles. The second-order valence-corrected chi connectivity index (χ2v) is 7.02. The van der Waals surface area contributed by atoms with Crippen LogP contribution in [0.2, 0.25) is 0 Å². The number of nitrogens with one attached hydrogen (secondary N) is 1. The molecule has 0 radical (unpaired) electrons. The molecule has 0 spiro atoms. The van der Waals surface area contributed by atoms with Crippen LogP contribution in [-0.4, -0.2) is 37.3 Å². The van der Waals surface area contributed by atoms with Crippen LogP contribution in [0.1, 0.15) is 64.7 Å². The third kappa shape index (κ3) is 6.86. The molecule has 1 aromatic carbocycles. The second kappa shape index (κ2) is 10.9. The first kappa shape index (κ1) is 23.0. The maximum absolute atomic E-state index is 12.7. The fourth-order valence-electron chi connectivity index (χ4n) is 2.28. The van der Waals surface area contributed by atoms with E-state index in [0.717, 1.165) is 6.42 Å². The molecule has 1 N–H and O–H groups in total. The minimum absolute atomic E-state index is 0.246. The summed E-state index contributed by atoms with van der Waals surface area (Å²) in [5, 5.41) is 2.84. The van der Waals surface area contributed by atoms with Crippen molar-refractivity contribution in [3.8, 4) is 5.75 Å². The molecule has 152 valence electrons. The van der Waals surface area contributed by atoms with Crippen molar-refractivity contribution in [1.29, 1.82) is 0 Å². The van der Waals surface area contributed by atoms with E-state index in [-0.39, 0.29) is 12.5 Å². The van der Waals surface area contributed by atoms with E-state index in [2.05, 4.69) is 5.32 Å². The number of hydrogen-bond donors (Lipinski definition) is 1. The predicted molar refractivity (Wildman–Crippen MR) is 106 cm³/mol. The van der Waals surface area contributed by atoms with E-state index in [9.17, 15) is 9.59 Å². The Bertz CT molecular complexity index is 629. The topological polar surface area (TPSA) is 73.9 Å². The van der Waals surface area contributed by atoms with Crippen LogP contribution >= 0.6 is 0 Å². The first-order chi connectivity index (χ1) is 12.8. The van der Waals surface area contributed by atoms with Gasteiger partial charge in [0, 0.05) is 12.3 Å². The van der Waals surface area contributed by atoms with Gasteiger partial charge in [-0.1, -0.05) is 27.7 Å². The van der Waals surface area contributed by atoms with E-state index in [4.69, 9.17) is 14.2 Å². The average Bonchev–Trinajstić information content (AvgIpc) is 2.64. The molecule has 0 unspecified atom stereocenters. The molecular formula is C21H33NO5. The summed E-state index contributed by atoms with van der Waals surface area (Å²) in [7, 11) is 0. The van der Waals surface area contributed by atoms with Crippen molar-refractivity contribution < 1.29 is 23.8 Å². The number of esters is 1. The lowest BCUT2D eigenvalue weighted by Crippen LogP contribution is -2.42. The minimum atomic E-state index is -0.924. The maximum Gasteiger partial charge on any atom is 0.341 e. The highest BCUT2D eigenvalue weighted by Crippen LogP contribution is 2.26. The molecule has 0 aliphatic heterocycles. The van der Waals surface area contributed by atoms with Gasteiger partial charge in [0.25, 0.3) is 5.91 Å². The largest absolute Gasteiger partial charge is 0.492 e. The summed E-state index contributed by atoms with van der Waals surface area (Å²) in [6.07, 6.45) is 1.37. The maximum atomic E-state index is 12.7. The van der Waals surface area contributed by atoms with Crippen molar-refractivity contribution in [2.24, 2.45) is 5.92 Å². The zero-order valence-corrected chi connectivity index (χ0v) is 17.4. The lowest BCUT2D eigenvalue weighted by Gasteiger charge is -2.27. The van der Waals surface area contributed by atoms with Gasteiger partial charge < -0.3 is 19.5 Å². The van der Waals surface area contributed by atoms with E-state index in [1.165, 1.54) is 0 Å². The van der Waals surface area contributed by atoms with Crippen molar-refractivity contribution >= 4 is 17.6 Å². The van der Waals surface area contributed by atoms with Crippen LogP contribution in [0, 0.1) is 5.92 Å². The molecule has 0 saturated heterocycles. The highest BCUT2D eigenvalue weighted by atomic mass is 16.5. The molecule has 6 heteroatoms. The van der Waals surface area contributed by atoms with Gasteiger partial charge in [-0.15, -0.1) is 0 Å². The molecule has 0 saturated carbocycles. The van der Waals surface area contributed by atoms with Gasteiger partial charge in [0.15, 0.2) is 0 Å². The number of carbonyl (C=O) groups excluding carboxylic acids is 2. The van der Waals surface area contributed by atoms with E-state index >= 15 is 0 Å². The van der Waals surface area contributed by atoms with Crippen LogP contribution in [0.4, 0.5) is 5.69 Å². The molecule has 0 aliphatic rings. The third-order valence-electron chi connectivity index (χ3n) is 4.08. The van der Waals surface area contributed by atoms with E-state index in [0.29, 0.717) is 42.6 Å². The molecule has 1 amide bonds. The Labute approximate surface area is 162 Å². The average molecular weight is 379 g/mol. The van der Waals surface area contributed by atoms with Crippen LogP contribution in [-0.2, 0) is 14.3 Å². The Morgan fingerprint density at radius 1 is 1.19 bits per heavy atom. The van der Waals surface area contributed by atoms with Gasteiger partial charge >= 0.3 is 5.97 Å². The molecule has 0 bridgehead atoms. The predicted octanol–water partition coefficient (Wildman–Crippen LogP) is 4.43. The normalized spacial score (nSPS) is 13.1. The van der Waals surface area contributed by atoms with Crippen LogP contribution in [0.3, 0.4) is 0 Å². The fraction of sp³-hybridized carbons (Fsp3) is 0.619. The summed E-state index contributed by atoms with van der Waals surface area (Å²) in [5.74, 6) is 0.0398. The van der Waals surface area contributed by atoms with Crippen LogP contribution < -0.4 is 10.1 Å². The molecule has 27 heavy (non-hydrogen) atoms. The molecule has 6 nitrogen and oxygen atoms in total. The highest BCUT2D eigenvalue weighted by Gasteiger charge is 2.32. The van der Waals surface area contributed by atoms with Gasteiger partial charge in [0.05, 0.1) is 13.2 Å². The standard InChI is InChI=1S/C21H33NO5/c1-7-12-27-21(6,8-2)20(24)22-16-10-11-18(26-14-15(4)5)17(13-16)19(23)25-9-3/h10-11,13,15H,7-9,12,14H2,1-6H3,(H,22,24)/t21-/m0/s1. The summed E-state index contributed by atoms with van der Waals surface area (Å²) in [4.78, 5) is 25.0. The van der Waals surface area contributed by atoms with Gasteiger partial charge in [-0.05, 0) is 50.8 Å². The van der Waals surface area contributed by atoms with Crippen molar-refractivity contribution in [2.45, 2.75) is 60.0 Å². The number of amides is 1. The lowest BCUT2D eigenvalue weighted by molar-refractivity contribution is -0.139. The first-order valence-electron chi connectivity index (χ1n) is 9.66. The monoisotopic (exact) mass is 379 g/mol. The molecular weight excluding hydrogens is 346 g/mol. The zero-order valence-electron chi connectivity index (χ0n) is 17.4. The van der Waals surface area contributed by atoms with E-state index < -0.39 is 11.6 Å². The molecule has 0 aromatic heterocycles. The van der Waals surface area contributed by atoms with Crippen molar-refractivity contribution in [3.63, 3.8) is 0 Å². The van der Waals surface area contributed by atoms with E-state index in [1.807, 2.05) is 27.7 Å². The Morgan fingerprint density at radius 3 is 2.44 bits per heavy atom. The van der Waals surface area contributed by atoms with Crippen molar-refractivity contribution in [3.05, 3.63) is 23.8 Å². The summed E-state index contributed by atoms with van der Waals surface area (Å²) in [5.41, 5.74) is -0.130. The molecule has 0 fully saturated rings. The van der Waals surface area contributed by atoms with Crippen LogP contribution in [0.25, 0.3) is 0 Å². The number of anilines is 1. The summed E-state index contributed by atoms with van der Waals surface area (Å²) < 4.78 is 16.6. The fourth-order valence-corrected chi connectivity index (χ4v) is 2.28. The number of ether oxygens (including phenoxy) is 3. The van der Waals surface area contributed by atoms with Gasteiger partial charge in [0.1, 0.15) is 16.9 Å². The third-order valence-corrected chi connectivity index (χ3v) is 4.08. The minimum Gasteiger partial charge on any atom is -0.492 e. The zero-order chi connectivity index (χ0) is 20.4. The Morgan fingerprint density at radius 2 is 1.89 bits per heavy atom. The van der Waals surface area contributed by atoms with Crippen molar-refractivity contribution in [1.82, 2.24) is 0 Å². The number of carbonyl (C=O) groups is 2.